The van der Waals surface area contributed by atoms with Crippen molar-refractivity contribution < 1.29 is 4.79 Å². The summed E-state index contributed by atoms with van der Waals surface area (Å²) in [5, 5.41) is 8.19. The van der Waals surface area contributed by atoms with Gasteiger partial charge in [-0.05, 0) is 54.8 Å². The molecule has 0 aliphatic heterocycles. The van der Waals surface area contributed by atoms with Crippen molar-refractivity contribution in [1.29, 1.82) is 0 Å². The highest BCUT2D eigenvalue weighted by atomic mass is 35.5. The van der Waals surface area contributed by atoms with E-state index in [4.69, 9.17) is 11.6 Å². The minimum atomic E-state index is -0.318. The Hall–Kier alpha value is -2.37. The number of carbonyl (C=O) groups is 1. The molecule has 0 spiro atoms. The summed E-state index contributed by atoms with van der Waals surface area (Å²) in [6, 6.07) is 14.4. The standard InChI is InChI=1S/C17H14ClN3OS/c1-11-14(8-9-15(19-11)16-3-2-10-23-16)21-17(22)20-13-6-4-12(18)5-7-13/h2-10H,1H3,(H2,20,21,22). The highest BCUT2D eigenvalue weighted by Gasteiger charge is 2.08. The molecular formula is C17H14ClN3OS. The maximum Gasteiger partial charge on any atom is 0.323 e. The Balaban J connectivity index is 1.70. The van der Waals surface area contributed by atoms with Gasteiger partial charge in [0.05, 0.1) is 22.0 Å². The van der Waals surface area contributed by atoms with Gasteiger partial charge in [-0.1, -0.05) is 17.7 Å². The number of rotatable bonds is 3. The van der Waals surface area contributed by atoms with E-state index in [1.807, 2.05) is 36.6 Å². The average Bonchev–Trinajstić information content (AvgIpc) is 3.06. The van der Waals surface area contributed by atoms with Crippen molar-refractivity contribution in [2.75, 3.05) is 10.6 Å². The van der Waals surface area contributed by atoms with E-state index >= 15 is 0 Å². The number of nitrogens with one attached hydrogen (secondary N) is 2. The highest BCUT2D eigenvalue weighted by Crippen LogP contribution is 2.25. The number of benzene rings is 1. The quantitative estimate of drug-likeness (QED) is 0.667. The number of hydrogen-bond acceptors (Lipinski definition) is 3. The van der Waals surface area contributed by atoms with Gasteiger partial charge in [-0.2, -0.15) is 0 Å². The van der Waals surface area contributed by atoms with Gasteiger partial charge < -0.3 is 10.6 Å². The van der Waals surface area contributed by atoms with Crippen LogP contribution in [0.4, 0.5) is 16.2 Å². The van der Waals surface area contributed by atoms with Crippen molar-refractivity contribution in [1.82, 2.24) is 4.98 Å². The van der Waals surface area contributed by atoms with Crippen molar-refractivity contribution in [2.24, 2.45) is 0 Å². The smallest absolute Gasteiger partial charge is 0.308 e. The second-order valence-electron chi connectivity index (χ2n) is 4.89. The van der Waals surface area contributed by atoms with Gasteiger partial charge in [0.1, 0.15) is 0 Å². The Labute approximate surface area is 143 Å². The summed E-state index contributed by atoms with van der Waals surface area (Å²) < 4.78 is 0. The first kappa shape index (κ1) is 15.5. The second kappa shape index (κ2) is 6.81. The Bertz CT molecular complexity index is 816. The summed E-state index contributed by atoms with van der Waals surface area (Å²) in [7, 11) is 0. The third kappa shape index (κ3) is 3.88. The number of thiophene rings is 1. The zero-order valence-electron chi connectivity index (χ0n) is 12.3. The van der Waals surface area contributed by atoms with E-state index < -0.39 is 0 Å². The minimum absolute atomic E-state index is 0.318. The van der Waals surface area contributed by atoms with Gasteiger partial charge in [-0.25, -0.2) is 4.79 Å². The van der Waals surface area contributed by atoms with Crippen LogP contribution in [-0.2, 0) is 0 Å². The van der Waals surface area contributed by atoms with Crippen LogP contribution in [0.2, 0.25) is 5.02 Å². The highest BCUT2D eigenvalue weighted by molar-refractivity contribution is 7.13. The van der Waals surface area contributed by atoms with Crippen LogP contribution >= 0.6 is 22.9 Å². The zero-order valence-corrected chi connectivity index (χ0v) is 13.9. The summed E-state index contributed by atoms with van der Waals surface area (Å²) in [5.74, 6) is 0. The lowest BCUT2D eigenvalue weighted by Crippen LogP contribution is -2.20. The number of carbonyl (C=O) groups excluding carboxylic acids is 1. The molecule has 1 aromatic carbocycles. The first-order valence-electron chi connectivity index (χ1n) is 6.97. The summed E-state index contributed by atoms with van der Waals surface area (Å²) in [6.07, 6.45) is 0. The lowest BCUT2D eigenvalue weighted by molar-refractivity contribution is 0.262. The van der Waals surface area contributed by atoms with Gasteiger partial charge in [0.15, 0.2) is 0 Å². The van der Waals surface area contributed by atoms with Gasteiger partial charge in [0.2, 0.25) is 0 Å². The minimum Gasteiger partial charge on any atom is -0.308 e. The molecule has 2 heterocycles. The van der Waals surface area contributed by atoms with Gasteiger partial charge in [0.25, 0.3) is 0 Å². The van der Waals surface area contributed by atoms with E-state index in [1.165, 1.54) is 0 Å². The Morgan fingerprint density at radius 1 is 1.09 bits per heavy atom. The number of aryl methyl sites for hydroxylation is 1. The summed E-state index contributed by atoms with van der Waals surface area (Å²) in [6.45, 7) is 1.87. The molecule has 4 nitrogen and oxygen atoms in total. The molecule has 3 aromatic rings. The Kier molecular flexibility index (Phi) is 4.60. The van der Waals surface area contributed by atoms with Crippen molar-refractivity contribution in [2.45, 2.75) is 6.92 Å². The Morgan fingerprint density at radius 2 is 1.87 bits per heavy atom. The molecule has 2 aromatic heterocycles. The molecule has 6 heteroatoms. The van der Waals surface area contributed by atoms with Crippen LogP contribution < -0.4 is 10.6 Å². The number of urea groups is 1. The fourth-order valence-electron chi connectivity index (χ4n) is 2.07. The maximum atomic E-state index is 12.1. The zero-order chi connectivity index (χ0) is 16.2. The molecule has 0 unspecified atom stereocenters. The average molecular weight is 344 g/mol. The van der Waals surface area contributed by atoms with E-state index in [0.717, 1.165) is 16.3 Å². The van der Waals surface area contributed by atoms with Gasteiger partial charge >= 0.3 is 6.03 Å². The molecule has 116 valence electrons. The summed E-state index contributed by atoms with van der Waals surface area (Å²) in [5.41, 5.74) is 3.02. The first-order chi connectivity index (χ1) is 11.1. The van der Waals surface area contributed by atoms with Crippen molar-refractivity contribution in [3.63, 3.8) is 0 Å². The van der Waals surface area contributed by atoms with Crippen LogP contribution in [0.5, 0.6) is 0 Å². The van der Waals surface area contributed by atoms with Crippen LogP contribution in [0, 0.1) is 6.92 Å². The number of anilines is 2. The van der Waals surface area contributed by atoms with E-state index in [-0.39, 0.29) is 6.03 Å². The largest absolute Gasteiger partial charge is 0.323 e. The molecule has 0 saturated carbocycles. The Morgan fingerprint density at radius 3 is 2.52 bits per heavy atom. The fourth-order valence-corrected chi connectivity index (χ4v) is 2.89. The molecule has 2 N–H and O–H groups in total. The maximum absolute atomic E-state index is 12.1. The number of hydrogen-bond donors (Lipinski definition) is 2. The molecule has 0 bridgehead atoms. The van der Waals surface area contributed by atoms with E-state index in [0.29, 0.717) is 16.4 Å². The fraction of sp³-hybridized carbons (Fsp3) is 0.0588. The number of halogens is 1. The molecular weight excluding hydrogens is 330 g/mol. The lowest BCUT2D eigenvalue weighted by Gasteiger charge is -2.10. The predicted molar refractivity (Wildman–Crippen MR) is 96.4 cm³/mol. The van der Waals surface area contributed by atoms with Gasteiger partial charge in [0, 0.05) is 10.7 Å². The number of pyridine rings is 1. The van der Waals surface area contributed by atoms with Gasteiger partial charge in [-0.3, -0.25) is 4.98 Å². The molecule has 0 aliphatic rings. The van der Waals surface area contributed by atoms with Crippen molar-refractivity contribution in [3.05, 3.63) is 64.6 Å². The monoisotopic (exact) mass is 343 g/mol. The number of amides is 2. The molecule has 3 rings (SSSR count). The van der Waals surface area contributed by atoms with Crippen LogP contribution in [0.1, 0.15) is 5.69 Å². The molecule has 0 aliphatic carbocycles. The van der Waals surface area contributed by atoms with E-state index in [9.17, 15) is 4.79 Å². The number of nitrogens with zero attached hydrogens (tertiary/aromatic N) is 1. The third-order valence-corrected chi connectivity index (χ3v) is 4.35. The molecule has 0 radical (unpaired) electrons. The van der Waals surface area contributed by atoms with Gasteiger partial charge in [-0.15, -0.1) is 11.3 Å². The van der Waals surface area contributed by atoms with Crippen LogP contribution in [0.15, 0.2) is 53.9 Å². The SMILES string of the molecule is Cc1nc(-c2cccs2)ccc1NC(=O)Nc1ccc(Cl)cc1. The first-order valence-corrected chi connectivity index (χ1v) is 8.23. The predicted octanol–water partition coefficient (Wildman–Crippen LogP) is 5.42. The normalized spacial score (nSPS) is 10.3. The third-order valence-electron chi connectivity index (χ3n) is 3.21. The van der Waals surface area contributed by atoms with E-state index in [2.05, 4.69) is 15.6 Å². The van der Waals surface area contributed by atoms with Crippen LogP contribution in [0.25, 0.3) is 10.6 Å². The van der Waals surface area contributed by atoms with Crippen LogP contribution in [-0.4, -0.2) is 11.0 Å². The second-order valence-corrected chi connectivity index (χ2v) is 6.28. The summed E-state index contributed by atoms with van der Waals surface area (Å²) in [4.78, 5) is 17.7. The van der Waals surface area contributed by atoms with E-state index in [1.54, 1.807) is 35.6 Å². The van der Waals surface area contributed by atoms with Crippen molar-refractivity contribution >= 4 is 40.3 Å². The van der Waals surface area contributed by atoms with Crippen LogP contribution in [0.3, 0.4) is 0 Å². The lowest BCUT2D eigenvalue weighted by atomic mass is 10.2. The summed E-state index contributed by atoms with van der Waals surface area (Å²) >= 11 is 7.45. The molecule has 23 heavy (non-hydrogen) atoms. The molecule has 2 amide bonds. The van der Waals surface area contributed by atoms with Crippen molar-refractivity contribution in [3.8, 4) is 10.6 Å². The number of aromatic nitrogens is 1. The molecule has 0 saturated heterocycles. The molecule has 0 atom stereocenters. The molecule has 0 fully saturated rings. The topological polar surface area (TPSA) is 54.0 Å².